The van der Waals surface area contributed by atoms with E-state index in [1.54, 1.807) is 0 Å². The Hall–Kier alpha value is -6.00. The van der Waals surface area contributed by atoms with Crippen LogP contribution in [0.4, 0.5) is 45.5 Å². The fraction of sp³-hybridized carbons (Fsp3) is 0.373. The summed E-state index contributed by atoms with van der Waals surface area (Å²) in [7, 11) is 0. The molecule has 0 saturated heterocycles. The summed E-state index contributed by atoms with van der Waals surface area (Å²) in [5.74, 6) is 0. The smallest absolute Gasteiger partial charge is 0.252 e. The van der Waals surface area contributed by atoms with Gasteiger partial charge in [-0.2, -0.15) is 0 Å². The highest BCUT2D eigenvalue weighted by Crippen LogP contribution is 2.62. The van der Waals surface area contributed by atoms with Crippen LogP contribution < -0.4 is 31.1 Å². The molecular weight excluding hydrogens is 858 g/mol. The van der Waals surface area contributed by atoms with Crippen molar-refractivity contribution in [3.05, 3.63) is 173 Å². The first kappa shape index (κ1) is 47.3. The van der Waals surface area contributed by atoms with Crippen LogP contribution in [0.2, 0.25) is 0 Å². The van der Waals surface area contributed by atoms with E-state index in [0.717, 1.165) is 6.42 Å². The predicted octanol–water partition coefficient (Wildman–Crippen LogP) is 16.7. The Morgan fingerprint density at radius 2 is 0.972 bits per heavy atom. The fourth-order valence-corrected chi connectivity index (χ4v) is 13.0. The third-order valence-corrected chi connectivity index (χ3v) is 17.5. The minimum absolute atomic E-state index is 0.00747. The second kappa shape index (κ2) is 16.0. The molecule has 0 N–H and O–H groups in total. The van der Waals surface area contributed by atoms with Crippen LogP contribution in [0.1, 0.15) is 156 Å². The zero-order chi connectivity index (χ0) is 50.4. The Labute approximate surface area is 427 Å². The lowest BCUT2D eigenvalue weighted by molar-refractivity contribution is 0.195. The molecule has 2 atom stereocenters. The van der Waals surface area contributed by atoms with Gasteiger partial charge in [0.05, 0.1) is 11.2 Å². The second-order valence-corrected chi connectivity index (χ2v) is 26.4. The minimum atomic E-state index is -0.0921. The van der Waals surface area contributed by atoms with E-state index in [-0.39, 0.29) is 39.3 Å². The summed E-state index contributed by atoms with van der Waals surface area (Å²) >= 11 is 0. The van der Waals surface area contributed by atoms with Crippen LogP contribution in [-0.2, 0) is 27.1 Å². The molecule has 1 fully saturated rings. The lowest BCUT2D eigenvalue weighted by atomic mass is 9.33. The number of benzene rings is 7. The SMILES string of the molecule is Cc1cc2c3c(c1)N(c1ccc(C(C)(C)C)cc1-c1ccccc1)c1cc(N4c5ccc(C(C)(C)C)cc5C5(C)CCCCC45C)ccc1B3c1cc(C(C)(C)C)ccc1N2c1ccc(C(C)(C)C)cc1. The van der Waals surface area contributed by atoms with Crippen LogP contribution in [0.15, 0.2) is 140 Å². The van der Waals surface area contributed by atoms with Crippen molar-refractivity contribution in [2.75, 3.05) is 14.7 Å². The van der Waals surface area contributed by atoms with Gasteiger partial charge in [-0.05, 0) is 164 Å². The summed E-state index contributed by atoms with van der Waals surface area (Å²) < 4.78 is 0. The fourth-order valence-electron chi connectivity index (χ4n) is 13.0. The molecule has 71 heavy (non-hydrogen) atoms. The van der Waals surface area contributed by atoms with Gasteiger partial charge in [0.25, 0.3) is 6.71 Å². The molecule has 3 nitrogen and oxygen atoms in total. The molecule has 0 radical (unpaired) electrons. The minimum Gasteiger partial charge on any atom is -0.334 e. The summed E-state index contributed by atoms with van der Waals surface area (Å²) in [5, 5.41) is 0. The Morgan fingerprint density at radius 1 is 0.437 bits per heavy atom. The van der Waals surface area contributed by atoms with Crippen LogP contribution in [0.5, 0.6) is 0 Å². The Kier molecular flexibility index (Phi) is 10.7. The standard InChI is InChI=1S/C67H76BN3/c1-43-37-59-61-60(38-43)70(55-32-25-46(63(5,6)7)39-51(55)44-21-17-16-18-22-44)58-42-50(71-56-33-26-47(64(8,9)10)40-52(56)66(14)35-19-20-36-67(66,71)15)30-31-53(58)68(61)54-41-48(65(11,12)13)27-34-57(54)69(59)49-28-23-45(24-29-49)62(2,3)4/h16-18,21-34,37-42H,19-20,35-36H2,1-15H3. The topological polar surface area (TPSA) is 9.72 Å². The first-order chi connectivity index (χ1) is 33.4. The average molecular weight is 934 g/mol. The molecule has 0 spiro atoms. The van der Waals surface area contributed by atoms with Crippen molar-refractivity contribution in [1.82, 2.24) is 0 Å². The molecule has 1 saturated carbocycles. The molecule has 4 aliphatic rings. The number of nitrogens with zero attached hydrogens (tertiary/aromatic N) is 3. The summed E-state index contributed by atoms with van der Waals surface area (Å²) in [6.45, 7) is 35.6. The molecule has 0 amide bonds. The molecule has 2 unspecified atom stereocenters. The van der Waals surface area contributed by atoms with Crippen LogP contribution in [-0.4, -0.2) is 12.3 Å². The zero-order valence-electron chi connectivity index (χ0n) is 45.5. The van der Waals surface area contributed by atoms with Crippen molar-refractivity contribution in [3.63, 3.8) is 0 Å². The van der Waals surface area contributed by atoms with Gasteiger partial charge in [0.1, 0.15) is 0 Å². The van der Waals surface area contributed by atoms with Crippen molar-refractivity contribution < 1.29 is 0 Å². The highest BCUT2D eigenvalue weighted by Gasteiger charge is 2.58. The number of aryl methyl sites for hydroxylation is 1. The molecule has 362 valence electrons. The van der Waals surface area contributed by atoms with E-state index in [1.165, 1.54) is 126 Å². The van der Waals surface area contributed by atoms with Crippen molar-refractivity contribution in [3.8, 4) is 11.1 Å². The molecule has 3 aliphatic heterocycles. The van der Waals surface area contributed by atoms with E-state index in [2.05, 4.69) is 258 Å². The molecule has 4 heteroatoms. The van der Waals surface area contributed by atoms with Gasteiger partial charge in [-0.3, -0.25) is 0 Å². The number of fused-ring (bicyclic) bond motifs is 7. The van der Waals surface area contributed by atoms with Crippen LogP contribution in [0.3, 0.4) is 0 Å². The molecule has 0 aromatic heterocycles. The first-order valence-electron chi connectivity index (χ1n) is 26.7. The van der Waals surface area contributed by atoms with E-state index < -0.39 is 0 Å². The maximum absolute atomic E-state index is 2.79. The number of rotatable bonds is 4. The lowest BCUT2D eigenvalue weighted by Gasteiger charge is -2.51. The highest BCUT2D eigenvalue weighted by atomic mass is 15.3. The van der Waals surface area contributed by atoms with Crippen molar-refractivity contribution in [2.45, 2.75) is 162 Å². The van der Waals surface area contributed by atoms with Gasteiger partial charge in [-0.1, -0.05) is 182 Å². The largest absolute Gasteiger partial charge is 0.334 e. The third-order valence-electron chi connectivity index (χ3n) is 17.5. The van der Waals surface area contributed by atoms with Crippen molar-refractivity contribution in [1.29, 1.82) is 0 Å². The van der Waals surface area contributed by atoms with Crippen molar-refractivity contribution >= 4 is 68.6 Å². The molecule has 7 aromatic rings. The van der Waals surface area contributed by atoms with E-state index in [4.69, 9.17) is 0 Å². The normalized spacial score (nSPS) is 19.5. The molecule has 3 heterocycles. The van der Waals surface area contributed by atoms with Gasteiger partial charge < -0.3 is 14.7 Å². The summed E-state index contributed by atoms with van der Waals surface area (Å²) in [5.41, 5.74) is 24.8. The third kappa shape index (κ3) is 7.43. The zero-order valence-corrected chi connectivity index (χ0v) is 45.5. The van der Waals surface area contributed by atoms with E-state index in [1.807, 2.05) is 0 Å². The summed E-state index contributed by atoms with van der Waals surface area (Å²) in [6, 6.07) is 55.3. The summed E-state index contributed by atoms with van der Waals surface area (Å²) in [6.07, 6.45) is 4.84. The summed E-state index contributed by atoms with van der Waals surface area (Å²) in [4.78, 5) is 8.05. The number of hydrogen-bond donors (Lipinski definition) is 0. The van der Waals surface area contributed by atoms with Crippen LogP contribution in [0, 0.1) is 6.92 Å². The molecule has 7 aromatic carbocycles. The Balaban J connectivity index is 1.23. The molecular formula is C67H76BN3. The molecule has 0 bridgehead atoms. The molecule has 1 aliphatic carbocycles. The van der Waals surface area contributed by atoms with E-state index in [9.17, 15) is 0 Å². The van der Waals surface area contributed by atoms with Gasteiger partial charge >= 0.3 is 0 Å². The van der Waals surface area contributed by atoms with Gasteiger partial charge in [0.2, 0.25) is 0 Å². The average Bonchev–Trinajstić information content (AvgIpc) is 3.52. The predicted molar refractivity (Wildman–Crippen MR) is 308 cm³/mol. The van der Waals surface area contributed by atoms with Crippen LogP contribution >= 0.6 is 0 Å². The Morgan fingerprint density at radius 3 is 1.61 bits per heavy atom. The second-order valence-electron chi connectivity index (χ2n) is 26.4. The monoisotopic (exact) mass is 934 g/mol. The maximum Gasteiger partial charge on any atom is 0.252 e. The Bertz CT molecular complexity index is 3240. The molecule has 11 rings (SSSR count). The van der Waals surface area contributed by atoms with E-state index in [0.29, 0.717) is 0 Å². The van der Waals surface area contributed by atoms with Crippen LogP contribution in [0.25, 0.3) is 11.1 Å². The van der Waals surface area contributed by atoms with Crippen molar-refractivity contribution in [2.24, 2.45) is 0 Å². The van der Waals surface area contributed by atoms with Gasteiger partial charge in [-0.15, -0.1) is 0 Å². The quantitative estimate of drug-likeness (QED) is 0.163. The van der Waals surface area contributed by atoms with Gasteiger partial charge in [0, 0.05) is 50.8 Å². The van der Waals surface area contributed by atoms with E-state index >= 15 is 0 Å². The van der Waals surface area contributed by atoms with Gasteiger partial charge in [0.15, 0.2) is 0 Å². The number of anilines is 8. The lowest BCUT2D eigenvalue weighted by Crippen LogP contribution is -2.61. The maximum atomic E-state index is 2.79. The first-order valence-corrected chi connectivity index (χ1v) is 26.7. The highest BCUT2D eigenvalue weighted by molar-refractivity contribution is 7.00. The van der Waals surface area contributed by atoms with Gasteiger partial charge in [-0.25, -0.2) is 0 Å². The number of hydrogen-bond acceptors (Lipinski definition) is 3.